The highest BCUT2D eigenvalue weighted by Crippen LogP contribution is 2.01. The Kier molecular flexibility index (Phi) is 6.24. The van der Waals surface area contributed by atoms with E-state index in [0.717, 1.165) is 12.8 Å². The number of allylic oxidation sites excluding steroid dienone is 1. The Balaban J connectivity index is 3.95. The van der Waals surface area contributed by atoms with Crippen molar-refractivity contribution in [1.82, 2.24) is 5.06 Å². The van der Waals surface area contributed by atoms with E-state index in [0.29, 0.717) is 12.1 Å². The van der Waals surface area contributed by atoms with Crippen LogP contribution in [0.2, 0.25) is 0 Å². The second-order valence-corrected chi connectivity index (χ2v) is 3.00. The molecule has 0 aromatic rings. The molecule has 0 heterocycles. The fraction of sp³-hybridized carbons (Fsp3) is 0.700. The number of carbonyl (C=O) groups excluding carboxylic acids is 1. The smallest absolute Gasteiger partial charge is 0.352 e. The zero-order valence-corrected chi connectivity index (χ0v) is 8.96. The van der Waals surface area contributed by atoms with Gasteiger partial charge in [-0.15, -0.1) is 5.06 Å². The van der Waals surface area contributed by atoms with Crippen molar-refractivity contribution in [3.8, 4) is 0 Å². The summed E-state index contributed by atoms with van der Waals surface area (Å²) in [6.45, 7) is 6.49. The van der Waals surface area contributed by atoms with Crippen molar-refractivity contribution in [2.24, 2.45) is 0 Å². The zero-order valence-electron chi connectivity index (χ0n) is 8.96. The number of hydrogen-bond donors (Lipinski definition) is 0. The van der Waals surface area contributed by atoms with Crippen LogP contribution in [0.1, 0.15) is 33.6 Å². The van der Waals surface area contributed by atoms with Crippen LogP contribution in [0.25, 0.3) is 0 Å². The van der Waals surface area contributed by atoms with Crippen molar-refractivity contribution in [2.45, 2.75) is 33.6 Å². The molecule has 0 bridgehead atoms. The molecule has 0 aliphatic heterocycles. The van der Waals surface area contributed by atoms with Crippen LogP contribution in [0.4, 0.5) is 0 Å². The first-order valence-corrected chi connectivity index (χ1v) is 4.72. The summed E-state index contributed by atoms with van der Waals surface area (Å²) >= 11 is 0. The second-order valence-electron chi connectivity index (χ2n) is 3.00. The molecular formula is C10H19NO2. The van der Waals surface area contributed by atoms with Gasteiger partial charge < -0.3 is 4.84 Å². The van der Waals surface area contributed by atoms with Crippen LogP contribution in [-0.2, 0) is 9.63 Å². The first kappa shape index (κ1) is 12.2. The molecule has 3 heteroatoms. The van der Waals surface area contributed by atoms with Crippen LogP contribution < -0.4 is 0 Å². The Morgan fingerprint density at radius 1 is 1.46 bits per heavy atom. The topological polar surface area (TPSA) is 29.5 Å². The van der Waals surface area contributed by atoms with Crippen molar-refractivity contribution in [3.05, 3.63) is 11.6 Å². The van der Waals surface area contributed by atoms with Gasteiger partial charge in [-0.25, -0.2) is 4.79 Å². The maximum absolute atomic E-state index is 11.3. The molecule has 0 fully saturated rings. The molecular weight excluding hydrogens is 166 g/mol. The summed E-state index contributed by atoms with van der Waals surface area (Å²) in [6.07, 6.45) is 3.89. The summed E-state index contributed by atoms with van der Waals surface area (Å²) in [5, 5.41) is 1.52. The molecule has 0 aliphatic carbocycles. The van der Waals surface area contributed by atoms with E-state index in [1.165, 1.54) is 5.06 Å². The highest BCUT2D eigenvalue weighted by atomic mass is 16.7. The lowest BCUT2D eigenvalue weighted by atomic mass is 10.2. The molecule has 0 unspecified atom stereocenters. The molecule has 0 spiro atoms. The number of hydrogen-bond acceptors (Lipinski definition) is 3. The molecule has 0 aromatic carbocycles. The van der Waals surface area contributed by atoms with Gasteiger partial charge in [0.05, 0.1) is 0 Å². The molecule has 0 amide bonds. The third-order valence-electron chi connectivity index (χ3n) is 1.75. The minimum Gasteiger partial charge on any atom is -0.364 e. The highest BCUT2D eigenvalue weighted by molar-refractivity contribution is 5.87. The maximum atomic E-state index is 11.3. The average Bonchev–Trinajstić information content (AvgIpc) is 2.13. The van der Waals surface area contributed by atoms with Gasteiger partial charge in [-0.3, -0.25) is 0 Å². The van der Waals surface area contributed by atoms with Crippen LogP contribution in [0.3, 0.4) is 0 Å². The summed E-state index contributed by atoms with van der Waals surface area (Å²) in [5.41, 5.74) is 0.683. The molecule has 0 aromatic heterocycles. The monoisotopic (exact) mass is 185 g/mol. The Morgan fingerprint density at radius 2 is 2.08 bits per heavy atom. The Labute approximate surface area is 80.3 Å². The number of unbranched alkanes of at least 4 members (excludes halogenated alkanes) is 1. The summed E-state index contributed by atoms with van der Waals surface area (Å²) < 4.78 is 0. The van der Waals surface area contributed by atoms with Crippen LogP contribution in [-0.4, -0.2) is 24.6 Å². The molecule has 3 nitrogen and oxygen atoms in total. The van der Waals surface area contributed by atoms with Gasteiger partial charge in [-0.1, -0.05) is 19.4 Å². The van der Waals surface area contributed by atoms with Crippen LogP contribution >= 0.6 is 0 Å². The van der Waals surface area contributed by atoms with Gasteiger partial charge in [0, 0.05) is 19.2 Å². The van der Waals surface area contributed by atoms with Gasteiger partial charge in [-0.2, -0.15) is 0 Å². The fourth-order valence-corrected chi connectivity index (χ4v) is 0.722. The van der Waals surface area contributed by atoms with Crippen molar-refractivity contribution in [1.29, 1.82) is 0 Å². The van der Waals surface area contributed by atoms with Crippen LogP contribution in [0, 0.1) is 0 Å². The zero-order chi connectivity index (χ0) is 10.3. The Bertz CT molecular complexity index is 187. The van der Waals surface area contributed by atoms with Gasteiger partial charge >= 0.3 is 5.97 Å². The summed E-state index contributed by atoms with van der Waals surface area (Å²) in [5.74, 6) is -0.252. The third-order valence-corrected chi connectivity index (χ3v) is 1.75. The Hall–Kier alpha value is -0.830. The first-order valence-electron chi connectivity index (χ1n) is 4.72. The van der Waals surface area contributed by atoms with Crippen molar-refractivity contribution in [3.63, 3.8) is 0 Å². The van der Waals surface area contributed by atoms with E-state index in [4.69, 9.17) is 4.84 Å². The molecule has 0 rings (SSSR count). The second kappa shape index (κ2) is 6.66. The van der Waals surface area contributed by atoms with Gasteiger partial charge in [0.15, 0.2) is 0 Å². The van der Waals surface area contributed by atoms with Gasteiger partial charge in [0.2, 0.25) is 0 Å². The normalized spacial score (nSPS) is 11.9. The first-order chi connectivity index (χ1) is 6.11. The molecule has 0 radical (unpaired) electrons. The standard InChI is InChI=1S/C10H19NO2/c1-5-7-8-9(3)10(12)13-11(4)6-2/h8H,5-7H2,1-4H3. The van der Waals surface area contributed by atoms with E-state index >= 15 is 0 Å². The van der Waals surface area contributed by atoms with Crippen LogP contribution in [0.5, 0.6) is 0 Å². The van der Waals surface area contributed by atoms with Gasteiger partial charge in [0.1, 0.15) is 0 Å². The summed E-state index contributed by atoms with van der Waals surface area (Å²) in [4.78, 5) is 16.3. The van der Waals surface area contributed by atoms with E-state index in [1.54, 1.807) is 14.0 Å². The van der Waals surface area contributed by atoms with E-state index in [-0.39, 0.29) is 5.97 Å². The quantitative estimate of drug-likeness (QED) is 0.485. The fourth-order valence-electron chi connectivity index (χ4n) is 0.722. The molecule has 76 valence electrons. The molecule has 0 atom stereocenters. The summed E-state index contributed by atoms with van der Waals surface area (Å²) in [7, 11) is 1.74. The molecule has 0 saturated carbocycles. The Morgan fingerprint density at radius 3 is 2.54 bits per heavy atom. The lowest BCUT2D eigenvalue weighted by Gasteiger charge is -2.13. The summed E-state index contributed by atoms with van der Waals surface area (Å²) in [6, 6.07) is 0. The van der Waals surface area contributed by atoms with E-state index in [9.17, 15) is 4.79 Å². The highest BCUT2D eigenvalue weighted by Gasteiger charge is 2.07. The largest absolute Gasteiger partial charge is 0.364 e. The average molecular weight is 185 g/mol. The molecule has 0 N–H and O–H groups in total. The predicted octanol–water partition coefficient (Wildman–Crippen LogP) is 2.14. The number of rotatable bonds is 5. The third kappa shape index (κ3) is 5.42. The molecule has 0 saturated heterocycles. The van der Waals surface area contributed by atoms with Crippen molar-refractivity contribution in [2.75, 3.05) is 13.6 Å². The minimum absolute atomic E-state index is 0.252. The maximum Gasteiger partial charge on any atom is 0.352 e. The predicted molar refractivity (Wildman–Crippen MR) is 53.1 cm³/mol. The number of hydroxylamine groups is 2. The van der Waals surface area contributed by atoms with E-state index < -0.39 is 0 Å². The SMILES string of the molecule is CCCC=C(C)C(=O)ON(C)CC. The van der Waals surface area contributed by atoms with Gasteiger partial charge in [0.25, 0.3) is 0 Å². The lowest BCUT2D eigenvalue weighted by molar-refractivity contribution is -0.177. The molecule has 13 heavy (non-hydrogen) atoms. The minimum atomic E-state index is -0.252. The van der Waals surface area contributed by atoms with Crippen LogP contribution in [0.15, 0.2) is 11.6 Å². The van der Waals surface area contributed by atoms with Crippen molar-refractivity contribution < 1.29 is 9.63 Å². The molecule has 0 aliphatic rings. The van der Waals surface area contributed by atoms with E-state index in [1.807, 2.05) is 13.0 Å². The van der Waals surface area contributed by atoms with Gasteiger partial charge in [-0.05, 0) is 20.3 Å². The van der Waals surface area contributed by atoms with E-state index in [2.05, 4.69) is 6.92 Å². The number of nitrogens with zero attached hydrogens (tertiary/aromatic N) is 1. The van der Waals surface area contributed by atoms with Crippen molar-refractivity contribution >= 4 is 5.97 Å². The number of carbonyl (C=O) groups is 1. The lowest BCUT2D eigenvalue weighted by Crippen LogP contribution is -2.23.